The number of benzene rings is 1. The van der Waals surface area contributed by atoms with Gasteiger partial charge >= 0.3 is 5.97 Å². The molecular formula is C15H16N2O4S. The number of rotatable bonds is 3. The van der Waals surface area contributed by atoms with Crippen molar-refractivity contribution in [2.45, 2.75) is 20.4 Å². The maximum atomic E-state index is 12.4. The van der Waals surface area contributed by atoms with E-state index in [4.69, 9.17) is 0 Å². The summed E-state index contributed by atoms with van der Waals surface area (Å²) in [7, 11) is -3.61. The molecule has 1 N–H and O–H groups in total. The van der Waals surface area contributed by atoms with E-state index in [1.165, 1.54) is 15.8 Å². The van der Waals surface area contributed by atoms with Crippen molar-refractivity contribution in [3.8, 4) is 0 Å². The van der Waals surface area contributed by atoms with Crippen LogP contribution in [0, 0.1) is 0 Å². The first-order valence-electron chi connectivity index (χ1n) is 7.00. The van der Waals surface area contributed by atoms with Crippen molar-refractivity contribution < 1.29 is 18.3 Å². The van der Waals surface area contributed by atoms with Gasteiger partial charge in [0.15, 0.2) is 0 Å². The second-order valence-corrected chi connectivity index (χ2v) is 6.82. The number of aryl methyl sites for hydroxylation is 1. The van der Waals surface area contributed by atoms with Gasteiger partial charge in [-0.3, -0.25) is 4.31 Å². The van der Waals surface area contributed by atoms with Crippen LogP contribution in [0.1, 0.15) is 29.8 Å². The Hall–Kier alpha value is -2.28. The van der Waals surface area contributed by atoms with Crippen LogP contribution in [-0.2, 0) is 16.6 Å². The Kier molecular flexibility index (Phi) is 3.25. The summed E-state index contributed by atoms with van der Waals surface area (Å²) in [6, 6.07) is 3.02. The van der Waals surface area contributed by atoms with E-state index in [1.54, 1.807) is 19.1 Å². The zero-order valence-electron chi connectivity index (χ0n) is 12.3. The summed E-state index contributed by atoms with van der Waals surface area (Å²) < 4.78 is 27.9. The van der Waals surface area contributed by atoms with Crippen LogP contribution in [0.2, 0.25) is 0 Å². The van der Waals surface area contributed by atoms with Crippen molar-refractivity contribution in [1.82, 2.24) is 4.57 Å². The monoisotopic (exact) mass is 320 g/mol. The van der Waals surface area contributed by atoms with Gasteiger partial charge in [0, 0.05) is 30.2 Å². The van der Waals surface area contributed by atoms with E-state index >= 15 is 0 Å². The third-order valence-corrected chi connectivity index (χ3v) is 5.41. The number of nitrogens with zero attached hydrogens (tertiary/aromatic N) is 2. The highest BCUT2D eigenvalue weighted by Gasteiger charge is 2.27. The fourth-order valence-electron chi connectivity index (χ4n) is 2.86. The normalized spacial score (nSPS) is 16.0. The van der Waals surface area contributed by atoms with Crippen LogP contribution in [0.4, 0.5) is 5.69 Å². The SMILES string of the molecule is CCN1c2cc(C(=O)O)cc3c2c(cn3CC)C=CS1(=O)=O. The van der Waals surface area contributed by atoms with Crippen LogP contribution in [0.15, 0.2) is 23.7 Å². The molecule has 7 heteroatoms. The first kappa shape index (κ1) is 14.6. The van der Waals surface area contributed by atoms with E-state index in [0.717, 1.165) is 16.5 Å². The Bertz CT molecular complexity index is 909. The van der Waals surface area contributed by atoms with Crippen LogP contribution >= 0.6 is 0 Å². The van der Waals surface area contributed by atoms with Gasteiger partial charge in [-0.25, -0.2) is 13.2 Å². The number of hydrogen-bond donors (Lipinski definition) is 1. The van der Waals surface area contributed by atoms with E-state index in [2.05, 4.69) is 0 Å². The van der Waals surface area contributed by atoms with Gasteiger partial charge < -0.3 is 9.67 Å². The van der Waals surface area contributed by atoms with E-state index < -0.39 is 16.0 Å². The highest BCUT2D eigenvalue weighted by molar-refractivity contribution is 7.95. The molecule has 2 aromatic rings. The molecule has 0 bridgehead atoms. The third-order valence-electron chi connectivity index (χ3n) is 3.86. The van der Waals surface area contributed by atoms with Gasteiger partial charge in [0.2, 0.25) is 0 Å². The molecule has 0 saturated heterocycles. The van der Waals surface area contributed by atoms with Gasteiger partial charge in [-0.15, -0.1) is 0 Å². The lowest BCUT2D eigenvalue weighted by molar-refractivity contribution is 0.0697. The molecule has 3 rings (SSSR count). The summed E-state index contributed by atoms with van der Waals surface area (Å²) in [5, 5.41) is 11.3. The summed E-state index contributed by atoms with van der Waals surface area (Å²) in [5.41, 5.74) is 2.01. The minimum atomic E-state index is -3.61. The number of aromatic carboxylic acids is 1. The summed E-state index contributed by atoms with van der Waals surface area (Å²) >= 11 is 0. The Labute approximate surface area is 128 Å². The summed E-state index contributed by atoms with van der Waals surface area (Å²) in [5.74, 6) is -1.07. The van der Waals surface area contributed by atoms with Gasteiger partial charge in [-0.05, 0) is 32.1 Å². The van der Waals surface area contributed by atoms with Gasteiger partial charge in [0.25, 0.3) is 10.0 Å². The highest BCUT2D eigenvalue weighted by atomic mass is 32.2. The fourth-order valence-corrected chi connectivity index (χ4v) is 4.11. The molecule has 116 valence electrons. The van der Waals surface area contributed by atoms with Gasteiger partial charge in [-0.2, -0.15) is 0 Å². The largest absolute Gasteiger partial charge is 0.478 e. The van der Waals surface area contributed by atoms with E-state index in [9.17, 15) is 18.3 Å². The number of anilines is 1. The average molecular weight is 320 g/mol. The molecule has 0 saturated carbocycles. The minimum Gasteiger partial charge on any atom is -0.478 e. The van der Waals surface area contributed by atoms with Crippen LogP contribution in [-0.4, -0.2) is 30.6 Å². The van der Waals surface area contributed by atoms with Crippen molar-refractivity contribution in [3.05, 3.63) is 34.9 Å². The number of sulfonamides is 1. The Morgan fingerprint density at radius 1 is 1.23 bits per heavy atom. The molecule has 0 unspecified atom stereocenters. The quantitative estimate of drug-likeness (QED) is 0.942. The van der Waals surface area contributed by atoms with E-state index in [-0.39, 0.29) is 12.1 Å². The molecule has 0 atom stereocenters. The lowest BCUT2D eigenvalue weighted by Gasteiger charge is -2.21. The second kappa shape index (κ2) is 4.88. The molecule has 6 nitrogen and oxygen atoms in total. The van der Waals surface area contributed by atoms with Crippen LogP contribution in [0.3, 0.4) is 0 Å². The van der Waals surface area contributed by atoms with Crippen LogP contribution in [0.25, 0.3) is 17.0 Å². The molecule has 1 aromatic heterocycles. The molecule has 0 fully saturated rings. The van der Waals surface area contributed by atoms with Crippen molar-refractivity contribution in [1.29, 1.82) is 0 Å². The standard InChI is InChI=1S/C15H16N2O4S/c1-3-16-9-10-5-6-22(20,21)17(4-2)13-8-11(15(18)19)7-12(16)14(10)13/h5-9H,3-4H2,1-2H3,(H,18,19). The Morgan fingerprint density at radius 3 is 2.55 bits per heavy atom. The fraction of sp³-hybridized carbons (Fsp3) is 0.267. The van der Waals surface area contributed by atoms with Gasteiger partial charge in [0.05, 0.1) is 22.2 Å². The Morgan fingerprint density at radius 2 is 1.95 bits per heavy atom. The highest BCUT2D eigenvalue weighted by Crippen LogP contribution is 2.37. The molecule has 1 aliphatic rings. The number of carbonyl (C=O) groups is 1. The van der Waals surface area contributed by atoms with Crippen molar-refractivity contribution in [2.75, 3.05) is 10.8 Å². The van der Waals surface area contributed by atoms with E-state index in [0.29, 0.717) is 12.2 Å². The zero-order chi connectivity index (χ0) is 16.1. The summed E-state index contributed by atoms with van der Waals surface area (Å²) in [6.07, 6.45) is 3.43. The van der Waals surface area contributed by atoms with Gasteiger partial charge in [-0.1, -0.05) is 0 Å². The molecule has 0 amide bonds. The molecular weight excluding hydrogens is 304 g/mol. The van der Waals surface area contributed by atoms with Crippen LogP contribution < -0.4 is 4.31 Å². The number of carboxylic acid groups (broad SMARTS) is 1. The first-order chi connectivity index (χ1) is 10.4. The van der Waals surface area contributed by atoms with Crippen molar-refractivity contribution in [2.24, 2.45) is 0 Å². The molecule has 0 aliphatic carbocycles. The predicted octanol–water partition coefficient (Wildman–Crippen LogP) is 2.50. The number of hydrogen-bond acceptors (Lipinski definition) is 3. The Balaban J connectivity index is 2.48. The maximum Gasteiger partial charge on any atom is 0.335 e. The topological polar surface area (TPSA) is 79.6 Å². The predicted molar refractivity (Wildman–Crippen MR) is 85.5 cm³/mol. The van der Waals surface area contributed by atoms with Crippen LogP contribution in [0.5, 0.6) is 0 Å². The zero-order valence-corrected chi connectivity index (χ0v) is 13.1. The first-order valence-corrected chi connectivity index (χ1v) is 8.50. The molecule has 1 aliphatic heterocycles. The minimum absolute atomic E-state index is 0.0809. The van der Waals surface area contributed by atoms with Gasteiger partial charge in [0.1, 0.15) is 0 Å². The summed E-state index contributed by atoms with van der Waals surface area (Å²) in [4.78, 5) is 11.4. The molecule has 22 heavy (non-hydrogen) atoms. The van der Waals surface area contributed by atoms with Crippen molar-refractivity contribution in [3.63, 3.8) is 0 Å². The average Bonchev–Trinajstić information content (AvgIpc) is 2.78. The molecule has 2 heterocycles. The smallest absolute Gasteiger partial charge is 0.335 e. The third kappa shape index (κ3) is 2.00. The lowest BCUT2D eigenvalue weighted by Crippen LogP contribution is -2.28. The lowest BCUT2D eigenvalue weighted by atomic mass is 10.1. The summed E-state index contributed by atoms with van der Waals surface area (Å²) in [6.45, 7) is 4.60. The number of aromatic nitrogens is 1. The van der Waals surface area contributed by atoms with Crippen molar-refractivity contribution >= 4 is 38.7 Å². The molecule has 0 radical (unpaired) electrons. The second-order valence-electron chi connectivity index (χ2n) is 5.08. The van der Waals surface area contributed by atoms with E-state index in [1.807, 2.05) is 17.7 Å². The maximum absolute atomic E-state index is 12.4. The molecule has 1 aromatic carbocycles. The molecule has 0 spiro atoms. The number of carboxylic acids is 1.